The predicted molar refractivity (Wildman–Crippen MR) is 65.2 cm³/mol. The van der Waals surface area contributed by atoms with E-state index in [0.717, 1.165) is 12.0 Å². The standard InChI is InChI=1S/C13H19FN2/c1-9(15)7-10-3-6-13(12(14)8-10)16(2)11-4-5-11/h3,6,8-9,11H,4-5,7,15H2,1-2H3. The molecule has 1 aliphatic rings. The molecule has 0 heterocycles. The van der Waals surface area contributed by atoms with Crippen molar-refractivity contribution in [1.29, 1.82) is 0 Å². The Balaban J connectivity index is 2.15. The molecule has 1 unspecified atom stereocenters. The molecule has 0 spiro atoms. The quantitative estimate of drug-likeness (QED) is 0.847. The molecule has 0 saturated heterocycles. The van der Waals surface area contributed by atoms with Gasteiger partial charge in [-0.05, 0) is 43.9 Å². The summed E-state index contributed by atoms with van der Waals surface area (Å²) in [5.41, 5.74) is 7.37. The average Bonchev–Trinajstić information content (AvgIpc) is 2.99. The third-order valence-corrected chi connectivity index (χ3v) is 3.04. The Kier molecular flexibility index (Phi) is 3.15. The molecule has 1 aromatic rings. The lowest BCUT2D eigenvalue weighted by Crippen LogP contribution is -2.21. The zero-order valence-corrected chi connectivity index (χ0v) is 9.91. The van der Waals surface area contributed by atoms with Crippen LogP contribution in [0.5, 0.6) is 0 Å². The average molecular weight is 222 g/mol. The Morgan fingerprint density at radius 3 is 2.69 bits per heavy atom. The third-order valence-electron chi connectivity index (χ3n) is 3.04. The molecule has 0 aliphatic heterocycles. The van der Waals surface area contributed by atoms with E-state index in [1.165, 1.54) is 12.8 Å². The minimum atomic E-state index is -0.132. The Morgan fingerprint density at radius 2 is 2.19 bits per heavy atom. The van der Waals surface area contributed by atoms with Gasteiger partial charge >= 0.3 is 0 Å². The van der Waals surface area contributed by atoms with Crippen molar-refractivity contribution in [2.24, 2.45) is 5.73 Å². The van der Waals surface area contributed by atoms with Gasteiger partial charge in [0.25, 0.3) is 0 Å². The highest BCUT2D eigenvalue weighted by atomic mass is 19.1. The molecule has 1 aromatic carbocycles. The van der Waals surface area contributed by atoms with Crippen molar-refractivity contribution in [2.75, 3.05) is 11.9 Å². The molecular weight excluding hydrogens is 203 g/mol. The van der Waals surface area contributed by atoms with E-state index < -0.39 is 0 Å². The molecule has 0 aromatic heterocycles. The molecule has 1 saturated carbocycles. The van der Waals surface area contributed by atoms with E-state index in [4.69, 9.17) is 5.73 Å². The predicted octanol–water partition coefficient (Wildman–Crippen LogP) is 2.31. The summed E-state index contributed by atoms with van der Waals surface area (Å²) >= 11 is 0. The molecule has 16 heavy (non-hydrogen) atoms. The van der Waals surface area contributed by atoms with Crippen molar-refractivity contribution in [3.05, 3.63) is 29.6 Å². The van der Waals surface area contributed by atoms with Crippen molar-refractivity contribution in [3.8, 4) is 0 Å². The molecule has 2 nitrogen and oxygen atoms in total. The Labute approximate surface area is 96.2 Å². The van der Waals surface area contributed by atoms with Gasteiger partial charge in [-0.25, -0.2) is 4.39 Å². The van der Waals surface area contributed by atoms with Crippen LogP contribution in [0, 0.1) is 5.82 Å². The number of benzene rings is 1. The lowest BCUT2D eigenvalue weighted by Gasteiger charge is -2.20. The summed E-state index contributed by atoms with van der Waals surface area (Å²) < 4.78 is 13.9. The molecule has 0 amide bonds. The van der Waals surface area contributed by atoms with Crippen LogP contribution in [0.4, 0.5) is 10.1 Å². The third kappa shape index (κ3) is 2.53. The number of hydrogen-bond donors (Lipinski definition) is 1. The summed E-state index contributed by atoms with van der Waals surface area (Å²) in [6.07, 6.45) is 3.08. The maximum absolute atomic E-state index is 13.9. The van der Waals surface area contributed by atoms with E-state index in [1.807, 2.05) is 31.0 Å². The van der Waals surface area contributed by atoms with E-state index >= 15 is 0 Å². The van der Waals surface area contributed by atoms with Gasteiger partial charge in [0, 0.05) is 19.1 Å². The van der Waals surface area contributed by atoms with Crippen molar-refractivity contribution in [3.63, 3.8) is 0 Å². The van der Waals surface area contributed by atoms with Crippen molar-refractivity contribution in [2.45, 2.75) is 38.3 Å². The number of nitrogens with zero attached hydrogens (tertiary/aromatic N) is 1. The summed E-state index contributed by atoms with van der Waals surface area (Å²) in [4.78, 5) is 2.03. The molecule has 1 aliphatic carbocycles. The highest BCUT2D eigenvalue weighted by molar-refractivity contribution is 5.50. The van der Waals surface area contributed by atoms with E-state index in [9.17, 15) is 4.39 Å². The van der Waals surface area contributed by atoms with Crippen LogP contribution >= 0.6 is 0 Å². The topological polar surface area (TPSA) is 29.3 Å². The largest absolute Gasteiger partial charge is 0.369 e. The number of hydrogen-bond acceptors (Lipinski definition) is 2. The normalized spacial score (nSPS) is 17.2. The van der Waals surface area contributed by atoms with Crippen molar-refractivity contribution in [1.82, 2.24) is 0 Å². The second kappa shape index (κ2) is 4.42. The first-order valence-corrected chi connectivity index (χ1v) is 5.85. The fraction of sp³-hybridized carbons (Fsp3) is 0.538. The fourth-order valence-corrected chi connectivity index (χ4v) is 1.99. The van der Waals surface area contributed by atoms with Gasteiger partial charge in [-0.1, -0.05) is 6.07 Å². The second-order valence-corrected chi connectivity index (χ2v) is 4.81. The van der Waals surface area contributed by atoms with Gasteiger partial charge < -0.3 is 10.6 Å². The lowest BCUT2D eigenvalue weighted by atomic mass is 10.1. The zero-order valence-electron chi connectivity index (χ0n) is 9.91. The molecule has 0 bridgehead atoms. The SMILES string of the molecule is CC(N)Cc1ccc(N(C)C2CC2)c(F)c1. The summed E-state index contributed by atoms with van der Waals surface area (Å²) in [5.74, 6) is -0.132. The van der Waals surface area contributed by atoms with Gasteiger partial charge in [0.15, 0.2) is 0 Å². The molecular formula is C13H19FN2. The van der Waals surface area contributed by atoms with E-state index in [-0.39, 0.29) is 11.9 Å². The fourth-order valence-electron chi connectivity index (χ4n) is 1.99. The Hall–Kier alpha value is -1.09. The summed E-state index contributed by atoms with van der Waals surface area (Å²) in [5, 5.41) is 0. The van der Waals surface area contributed by atoms with Gasteiger partial charge in [-0.3, -0.25) is 0 Å². The highest BCUT2D eigenvalue weighted by Gasteiger charge is 2.27. The van der Waals surface area contributed by atoms with Gasteiger partial charge in [0.2, 0.25) is 0 Å². The number of rotatable bonds is 4. The maximum Gasteiger partial charge on any atom is 0.146 e. The van der Waals surface area contributed by atoms with Crippen LogP contribution in [0.2, 0.25) is 0 Å². The van der Waals surface area contributed by atoms with Crippen LogP contribution in [0.1, 0.15) is 25.3 Å². The monoisotopic (exact) mass is 222 g/mol. The summed E-state index contributed by atoms with van der Waals surface area (Å²) in [7, 11) is 1.96. The van der Waals surface area contributed by atoms with Gasteiger partial charge in [-0.15, -0.1) is 0 Å². The van der Waals surface area contributed by atoms with E-state index in [0.29, 0.717) is 11.7 Å². The molecule has 3 heteroatoms. The van der Waals surface area contributed by atoms with Crippen LogP contribution in [0.3, 0.4) is 0 Å². The Morgan fingerprint density at radius 1 is 1.50 bits per heavy atom. The number of nitrogens with two attached hydrogens (primary N) is 1. The van der Waals surface area contributed by atoms with Crippen LogP contribution in [0.15, 0.2) is 18.2 Å². The van der Waals surface area contributed by atoms with Crippen LogP contribution in [-0.2, 0) is 6.42 Å². The molecule has 88 valence electrons. The smallest absolute Gasteiger partial charge is 0.146 e. The summed E-state index contributed by atoms with van der Waals surface area (Å²) in [6, 6.07) is 6.06. The van der Waals surface area contributed by atoms with Gasteiger partial charge in [-0.2, -0.15) is 0 Å². The van der Waals surface area contributed by atoms with Crippen LogP contribution in [-0.4, -0.2) is 19.1 Å². The Bertz CT molecular complexity index is 372. The first-order valence-electron chi connectivity index (χ1n) is 5.85. The first-order chi connectivity index (χ1) is 7.58. The molecule has 0 radical (unpaired) electrons. The minimum absolute atomic E-state index is 0.0754. The first kappa shape index (κ1) is 11.4. The van der Waals surface area contributed by atoms with Crippen molar-refractivity contribution >= 4 is 5.69 Å². The highest BCUT2D eigenvalue weighted by Crippen LogP contribution is 2.31. The van der Waals surface area contributed by atoms with E-state index in [2.05, 4.69) is 0 Å². The molecule has 1 fully saturated rings. The molecule has 1 atom stereocenters. The number of halogens is 1. The minimum Gasteiger partial charge on any atom is -0.369 e. The summed E-state index contributed by atoms with van der Waals surface area (Å²) in [6.45, 7) is 1.93. The maximum atomic E-state index is 13.9. The van der Waals surface area contributed by atoms with E-state index in [1.54, 1.807) is 6.07 Å². The zero-order chi connectivity index (χ0) is 11.7. The van der Waals surface area contributed by atoms with Crippen LogP contribution in [0.25, 0.3) is 0 Å². The van der Waals surface area contributed by atoms with Gasteiger partial charge in [0.05, 0.1) is 5.69 Å². The lowest BCUT2D eigenvalue weighted by molar-refractivity contribution is 0.617. The second-order valence-electron chi connectivity index (χ2n) is 4.81. The number of anilines is 1. The van der Waals surface area contributed by atoms with Crippen LogP contribution < -0.4 is 10.6 Å². The molecule has 2 rings (SSSR count). The van der Waals surface area contributed by atoms with Gasteiger partial charge in [0.1, 0.15) is 5.82 Å². The molecule has 2 N–H and O–H groups in total. The van der Waals surface area contributed by atoms with Crippen molar-refractivity contribution < 1.29 is 4.39 Å².